The van der Waals surface area contributed by atoms with Crippen molar-refractivity contribution in [3.05, 3.63) is 11.1 Å². The molecule has 0 aromatic rings. The monoisotopic (exact) mass is 242 g/mol. The van der Waals surface area contributed by atoms with Gasteiger partial charge in [0.05, 0.1) is 29.9 Å². The van der Waals surface area contributed by atoms with E-state index in [4.69, 9.17) is 9.47 Å². The molecule has 3 aliphatic carbocycles. The second kappa shape index (κ2) is 3.57. The van der Waals surface area contributed by atoms with Crippen molar-refractivity contribution in [3.63, 3.8) is 0 Å². The summed E-state index contributed by atoms with van der Waals surface area (Å²) in [5.41, 5.74) is 1.38. The van der Waals surface area contributed by atoms with Gasteiger partial charge in [-0.2, -0.15) is 10.5 Å². The average molecular weight is 242 g/mol. The van der Waals surface area contributed by atoms with Gasteiger partial charge in [-0.25, -0.2) is 0 Å². The summed E-state index contributed by atoms with van der Waals surface area (Å²) in [6, 6.07) is 4.57. The molecule has 18 heavy (non-hydrogen) atoms. The standard InChI is InChI=1S/C14H14N2O2/c15-5-9-10(6-16)12-13-7(1-3-17-13)11(9)8-2-4-18-14(8)12/h7-8,11-14H,1-4H2/t7-,8+,11?,12?,13-,14+. The van der Waals surface area contributed by atoms with Crippen molar-refractivity contribution >= 4 is 0 Å². The fraction of sp³-hybridized carbons (Fsp3) is 0.714. The maximum atomic E-state index is 9.41. The Morgan fingerprint density at radius 2 is 1.33 bits per heavy atom. The van der Waals surface area contributed by atoms with Crippen LogP contribution in [-0.2, 0) is 9.47 Å². The minimum Gasteiger partial charge on any atom is -0.377 e. The third kappa shape index (κ3) is 1.06. The van der Waals surface area contributed by atoms with Gasteiger partial charge in [0, 0.05) is 30.6 Å². The molecule has 0 aromatic heterocycles. The highest BCUT2D eigenvalue weighted by Crippen LogP contribution is 2.58. The Morgan fingerprint density at radius 1 is 0.833 bits per heavy atom. The fourth-order valence-corrected chi connectivity index (χ4v) is 4.65. The summed E-state index contributed by atoms with van der Waals surface area (Å²) >= 11 is 0. The van der Waals surface area contributed by atoms with Crippen LogP contribution < -0.4 is 0 Å². The first-order valence-electron chi connectivity index (χ1n) is 6.64. The molecule has 1 saturated carbocycles. The first kappa shape index (κ1) is 10.6. The molecule has 0 amide bonds. The minimum absolute atomic E-state index is 0.00894. The van der Waals surface area contributed by atoms with Crippen LogP contribution in [0.3, 0.4) is 0 Å². The molecular weight excluding hydrogens is 228 g/mol. The molecule has 4 heteroatoms. The van der Waals surface area contributed by atoms with Crippen LogP contribution in [0.2, 0.25) is 0 Å². The molecule has 0 spiro atoms. The average Bonchev–Trinajstić information content (AvgIpc) is 3.06. The predicted molar refractivity (Wildman–Crippen MR) is 60.9 cm³/mol. The second-order valence-corrected chi connectivity index (χ2v) is 5.68. The first-order chi connectivity index (χ1) is 8.86. The third-order valence-electron chi connectivity index (χ3n) is 5.20. The molecule has 3 fully saturated rings. The van der Waals surface area contributed by atoms with Crippen LogP contribution in [0.5, 0.6) is 0 Å². The number of rotatable bonds is 0. The van der Waals surface area contributed by atoms with Gasteiger partial charge in [-0.05, 0) is 24.7 Å². The minimum atomic E-state index is 0.00894. The maximum absolute atomic E-state index is 9.41. The molecule has 5 aliphatic rings. The molecule has 0 aromatic carbocycles. The first-order valence-corrected chi connectivity index (χ1v) is 6.64. The van der Waals surface area contributed by atoms with Crippen molar-refractivity contribution < 1.29 is 9.47 Å². The van der Waals surface area contributed by atoms with Gasteiger partial charge in [0.25, 0.3) is 0 Å². The van der Waals surface area contributed by atoms with Crippen LogP contribution in [0.25, 0.3) is 0 Å². The van der Waals surface area contributed by atoms with E-state index >= 15 is 0 Å². The highest BCUT2D eigenvalue weighted by atomic mass is 16.5. The quantitative estimate of drug-likeness (QED) is 0.644. The number of nitrogens with zero attached hydrogens (tertiary/aromatic N) is 2. The van der Waals surface area contributed by atoms with Crippen LogP contribution in [0.1, 0.15) is 12.8 Å². The summed E-state index contributed by atoms with van der Waals surface area (Å²) in [5.74, 6) is 1.08. The number of nitriles is 2. The van der Waals surface area contributed by atoms with E-state index in [0.717, 1.165) is 31.6 Å². The van der Waals surface area contributed by atoms with E-state index in [1.165, 1.54) is 0 Å². The zero-order valence-corrected chi connectivity index (χ0v) is 10.0. The Labute approximate surface area is 106 Å². The Kier molecular flexibility index (Phi) is 2.09. The van der Waals surface area contributed by atoms with E-state index < -0.39 is 0 Å². The number of hydrogen-bond acceptors (Lipinski definition) is 4. The largest absolute Gasteiger partial charge is 0.377 e. The molecule has 2 unspecified atom stereocenters. The topological polar surface area (TPSA) is 66.0 Å². The highest BCUT2D eigenvalue weighted by molar-refractivity contribution is 5.48. The van der Waals surface area contributed by atoms with Crippen molar-refractivity contribution in [1.29, 1.82) is 10.5 Å². The zero-order chi connectivity index (χ0) is 12.3. The maximum Gasteiger partial charge on any atom is 0.0962 e. The summed E-state index contributed by atoms with van der Waals surface area (Å²) in [7, 11) is 0. The summed E-state index contributed by atoms with van der Waals surface area (Å²) < 4.78 is 11.7. The zero-order valence-electron chi connectivity index (χ0n) is 10.0. The van der Waals surface area contributed by atoms with Gasteiger partial charge in [-0.1, -0.05) is 0 Å². The lowest BCUT2D eigenvalue weighted by atomic mass is 9.54. The second-order valence-electron chi connectivity index (χ2n) is 5.68. The molecule has 2 aliphatic heterocycles. The lowest BCUT2D eigenvalue weighted by Gasteiger charge is -2.50. The SMILES string of the molecule is N#CC1=C(C#N)C2[C@H]3OCC[C@H]3C1[C@H]1CCO[C@@H]21. The molecular formula is C14H14N2O2. The summed E-state index contributed by atoms with van der Waals surface area (Å²) in [4.78, 5) is 0. The van der Waals surface area contributed by atoms with Crippen LogP contribution in [0.15, 0.2) is 11.1 Å². The number of ether oxygens (including phenoxy) is 2. The lowest BCUT2D eigenvalue weighted by Crippen LogP contribution is -2.54. The molecule has 2 saturated heterocycles. The van der Waals surface area contributed by atoms with Crippen molar-refractivity contribution in [2.75, 3.05) is 13.2 Å². The fourth-order valence-electron chi connectivity index (χ4n) is 4.65. The highest BCUT2D eigenvalue weighted by Gasteiger charge is 2.61. The molecule has 4 nitrogen and oxygen atoms in total. The Hall–Kier alpha value is -1.36. The van der Waals surface area contributed by atoms with E-state index in [2.05, 4.69) is 12.1 Å². The molecule has 5 rings (SSSR count). The molecule has 2 bridgehead atoms. The van der Waals surface area contributed by atoms with Gasteiger partial charge in [-0.3, -0.25) is 0 Å². The lowest BCUT2D eigenvalue weighted by molar-refractivity contribution is -0.0839. The van der Waals surface area contributed by atoms with Crippen LogP contribution in [0.4, 0.5) is 0 Å². The molecule has 92 valence electrons. The van der Waals surface area contributed by atoms with Crippen LogP contribution in [0, 0.1) is 46.3 Å². The van der Waals surface area contributed by atoms with E-state index in [1.54, 1.807) is 0 Å². The van der Waals surface area contributed by atoms with Gasteiger partial charge >= 0.3 is 0 Å². The van der Waals surface area contributed by atoms with E-state index in [1.807, 2.05) is 0 Å². The van der Waals surface area contributed by atoms with Crippen molar-refractivity contribution in [1.82, 2.24) is 0 Å². The van der Waals surface area contributed by atoms with Gasteiger partial charge in [0.15, 0.2) is 0 Å². The normalized spacial score (nSPS) is 48.6. The predicted octanol–water partition coefficient (Wildman–Crippen LogP) is 1.40. The molecule has 0 radical (unpaired) electrons. The number of hydrogen-bond donors (Lipinski definition) is 0. The number of allylic oxidation sites excluding steroid dienone is 1. The van der Waals surface area contributed by atoms with Crippen molar-refractivity contribution in [2.45, 2.75) is 25.0 Å². The van der Waals surface area contributed by atoms with Crippen LogP contribution >= 0.6 is 0 Å². The van der Waals surface area contributed by atoms with E-state index in [0.29, 0.717) is 17.4 Å². The Balaban J connectivity index is 1.91. The van der Waals surface area contributed by atoms with Gasteiger partial charge < -0.3 is 9.47 Å². The Morgan fingerprint density at radius 3 is 1.83 bits per heavy atom. The van der Waals surface area contributed by atoms with Crippen molar-refractivity contribution in [3.8, 4) is 12.1 Å². The van der Waals surface area contributed by atoms with Crippen LogP contribution in [-0.4, -0.2) is 25.4 Å². The summed E-state index contributed by atoms with van der Waals surface area (Å²) in [6.07, 6.45) is 2.28. The van der Waals surface area contributed by atoms with Crippen molar-refractivity contribution in [2.24, 2.45) is 23.7 Å². The molecule has 2 heterocycles. The third-order valence-corrected chi connectivity index (χ3v) is 5.20. The summed E-state index contributed by atoms with van der Waals surface area (Å²) in [5, 5.41) is 18.8. The molecule has 0 N–H and O–H groups in total. The van der Waals surface area contributed by atoms with Gasteiger partial charge in [-0.15, -0.1) is 0 Å². The molecule has 6 atom stereocenters. The van der Waals surface area contributed by atoms with E-state index in [-0.39, 0.29) is 24.0 Å². The summed E-state index contributed by atoms with van der Waals surface area (Å²) in [6.45, 7) is 1.53. The van der Waals surface area contributed by atoms with E-state index in [9.17, 15) is 10.5 Å². The smallest absolute Gasteiger partial charge is 0.0962 e. The Bertz CT molecular complexity index is 447. The van der Waals surface area contributed by atoms with Gasteiger partial charge in [0.2, 0.25) is 0 Å². The van der Waals surface area contributed by atoms with Gasteiger partial charge in [0.1, 0.15) is 0 Å².